The molecule has 1 aliphatic rings. The zero-order valence-electron chi connectivity index (χ0n) is 19.0. The number of anilines is 1. The Morgan fingerprint density at radius 2 is 1.79 bits per heavy atom. The van der Waals surface area contributed by atoms with E-state index in [1.807, 2.05) is 31.2 Å². The fourth-order valence-corrected chi connectivity index (χ4v) is 3.86. The Labute approximate surface area is 191 Å². The monoisotopic (exact) mass is 450 g/mol. The number of hydrogen-bond acceptors (Lipinski definition) is 6. The van der Waals surface area contributed by atoms with Crippen LogP contribution < -0.4 is 25.1 Å². The summed E-state index contributed by atoms with van der Waals surface area (Å²) in [5, 5.41) is 2.92. The number of nitrogens with zero attached hydrogens (tertiary/aromatic N) is 2. The van der Waals surface area contributed by atoms with Gasteiger partial charge < -0.3 is 29.4 Å². The maximum absolute atomic E-state index is 12.9. The predicted octanol–water partition coefficient (Wildman–Crippen LogP) is 3.36. The lowest BCUT2D eigenvalue weighted by Crippen LogP contribution is -2.41. The van der Waals surface area contributed by atoms with Crippen LogP contribution in [0.15, 0.2) is 41.2 Å². The van der Waals surface area contributed by atoms with E-state index in [0.29, 0.717) is 52.9 Å². The third kappa shape index (κ3) is 4.34. The van der Waals surface area contributed by atoms with Gasteiger partial charge in [0.15, 0.2) is 11.5 Å². The molecule has 9 nitrogen and oxygen atoms in total. The minimum absolute atomic E-state index is 0.185. The number of aromatic nitrogens is 2. The van der Waals surface area contributed by atoms with Gasteiger partial charge in [-0.1, -0.05) is 18.2 Å². The number of rotatable bonds is 5. The van der Waals surface area contributed by atoms with Gasteiger partial charge in [0.25, 0.3) is 5.56 Å². The molecule has 2 amide bonds. The van der Waals surface area contributed by atoms with Gasteiger partial charge in [-0.2, -0.15) is 0 Å². The number of methoxy groups -OCH3 is 3. The van der Waals surface area contributed by atoms with Crippen LogP contribution in [0.25, 0.3) is 11.4 Å². The molecule has 172 valence electrons. The van der Waals surface area contributed by atoms with Crippen molar-refractivity contribution in [2.75, 3.05) is 33.2 Å². The molecule has 0 spiro atoms. The summed E-state index contributed by atoms with van der Waals surface area (Å²) >= 11 is 0. The summed E-state index contributed by atoms with van der Waals surface area (Å²) in [6.07, 6.45) is 0.470. The Balaban J connectivity index is 1.61. The number of nitrogens with one attached hydrogen (secondary N) is 2. The second-order valence-corrected chi connectivity index (χ2v) is 7.67. The highest BCUT2D eigenvalue weighted by Gasteiger charge is 2.25. The van der Waals surface area contributed by atoms with Crippen LogP contribution in [0.4, 0.5) is 10.5 Å². The summed E-state index contributed by atoms with van der Waals surface area (Å²) in [6.45, 7) is 2.57. The molecule has 0 fully saturated rings. The zero-order chi connectivity index (χ0) is 23.5. The third-order valence-electron chi connectivity index (χ3n) is 5.68. The summed E-state index contributed by atoms with van der Waals surface area (Å²) in [4.78, 5) is 34.8. The van der Waals surface area contributed by atoms with Crippen molar-refractivity contribution in [2.24, 2.45) is 0 Å². The van der Waals surface area contributed by atoms with E-state index in [1.165, 1.54) is 21.3 Å². The highest BCUT2D eigenvalue weighted by molar-refractivity contribution is 5.90. The molecule has 9 heteroatoms. The quantitative estimate of drug-likeness (QED) is 0.618. The fraction of sp³-hybridized carbons (Fsp3) is 0.292. The van der Waals surface area contributed by atoms with Gasteiger partial charge in [-0.05, 0) is 30.7 Å². The van der Waals surface area contributed by atoms with Gasteiger partial charge in [-0.25, -0.2) is 9.78 Å². The van der Waals surface area contributed by atoms with Crippen LogP contribution in [-0.4, -0.2) is 48.8 Å². The first-order valence-electron chi connectivity index (χ1n) is 10.5. The Kier molecular flexibility index (Phi) is 6.21. The molecule has 1 aliphatic heterocycles. The Hall–Kier alpha value is -4.01. The number of amides is 2. The normalized spacial score (nSPS) is 12.7. The van der Waals surface area contributed by atoms with Crippen LogP contribution >= 0.6 is 0 Å². The molecule has 33 heavy (non-hydrogen) atoms. The van der Waals surface area contributed by atoms with Crippen LogP contribution in [-0.2, 0) is 13.0 Å². The second-order valence-electron chi connectivity index (χ2n) is 7.67. The zero-order valence-corrected chi connectivity index (χ0v) is 19.0. The number of para-hydroxylation sites is 1. The molecule has 0 unspecified atom stereocenters. The van der Waals surface area contributed by atoms with Crippen LogP contribution in [0, 0.1) is 6.92 Å². The molecule has 3 aromatic rings. The van der Waals surface area contributed by atoms with E-state index in [2.05, 4.69) is 15.3 Å². The molecule has 2 N–H and O–H groups in total. The van der Waals surface area contributed by atoms with E-state index in [0.717, 1.165) is 11.3 Å². The van der Waals surface area contributed by atoms with Crippen LogP contribution in [0.1, 0.15) is 16.8 Å². The number of aromatic amines is 1. The Morgan fingerprint density at radius 3 is 2.42 bits per heavy atom. The van der Waals surface area contributed by atoms with Gasteiger partial charge in [-0.3, -0.25) is 4.79 Å². The number of ether oxygens (including phenoxy) is 3. The molecule has 0 saturated heterocycles. The van der Waals surface area contributed by atoms with Gasteiger partial charge in [0.1, 0.15) is 5.82 Å². The van der Waals surface area contributed by atoms with Crippen LogP contribution in [0.3, 0.4) is 0 Å². The molecule has 1 aromatic heterocycles. The summed E-state index contributed by atoms with van der Waals surface area (Å²) in [5.41, 5.74) is 3.22. The third-order valence-corrected chi connectivity index (χ3v) is 5.68. The molecular formula is C24H26N4O5. The Morgan fingerprint density at radius 1 is 1.09 bits per heavy atom. The van der Waals surface area contributed by atoms with Crippen molar-refractivity contribution < 1.29 is 19.0 Å². The highest BCUT2D eigenvalue weighted by atomic mass is 16.5. The number of aryl methyl sites for hydroxylation is 1. The van der Waals surface area contributed by atoms with E-state index >= 15 is 0 Å². The second kappa shape index (κ2) is 9.23. The van der Waals surface area contributed by atoms with Crippen molar-refractivity contribution in [3.63, 3.8) is 0 Å². The minimum atomic E-state index is -0.280. The Bertz CT molecular complexity index is 1230. The van der Waals surface area contributed by atoms with Gasteiger partial charge in [0.2, 0.25) is 5.75 Å². The fourth-order valence-electron chi connectivity index (χ4n) is 3.86. The number of H-pyrrole nitrogens is 1. The molecule has 0 bridgehead atoms. The van der Waals surface area contributed by atoms with E-state index in [9.17, 15) is 9.59 Å². The summed E-state index contributed by atoms with van der Waals surface area (Å²) in [6, 6.07) is 10.8. The van der Waals surface area contributed by atoms with Gasteiger partial charge in [0.05, 0.1) is 39.1 Å². The molecule has 2 aromatic carbocycles. The van der Waals surface area contributed by atoms with Crippen molar-refractivity contribution in [3.05, 3.63) is 63.6 Å². The maximum Gasteiger partial charge on any atom is 0.322 e. The number of benzene rings is 2. The maximum atomic E-state index is 12.9. The van der Waals surface area contributed by atoms with Crippen molar-refractivity contribution >= 4 is 11.7 Å². The highest BCUT2D eigenvalue weighted by Crippen LogP contribution is 2.40. The van der Waals surface area contributed by atoms with Crippen molar-refractivity contribution in [1.29, 1.82) is 0 Å². The van der Waals surface area contributed by atoms with E-state index in [1.54, 1.807) is 17.0 Å². The minimum Gasteiger partial charge on any atom is -0.493 e. The van der Waals surface area contributed by atoms with E-state index in [-0.39, 0.29) is 18.1 Å². The topological polar surface area (TPSA) is 106 Å². The SMILES string of the molecule is COc1cc(-c2nc3c(c(=O)[nH]2)CN(C(=O)Nc2ccccc2C)CC3)cc(OC)c1OC. The molecule has 0 aliphatic carbocycles. The largest absolute Gasteiger partial charge is 0.493 e. The van der Waals surface area contributed by atoms with Gasteiger partial charge >= 0.3 is 6.03 Å². The number of carbonyl (C=O) groups is 1. The van der Waals surface area contributed by atoms with Crippen LogP contribution in [0.2, 0.25) is 0 Å². The first kappa shape index (κ1) is 22.2. The summed E-state index contributed by atoms with van der Waals surface area (Å²) < 4.78 is 16.2. The molecule has 0 radical (unpaired) electrons. The first-order valence-corrected chi connectivity index (χ1v) is 10.5. The van der Waals surface area contributed by atoms with E-state index in [4.69, 9.17) is 14.2 Å². The number of carbonyl (C=O) groups excluding carboxylic acids is 1. The number of urea groups is 1. The summed E-state index contributed by atoms with van der Waals surface area (Å²) in [5.74, 6) is 1.78. The molecule has 4 rings (SSSR count). The van der Waals surface area contributed by atoms with Crippen LogP contribution in [0.5, 0.6) is 17.2 Å². The number of fused-ring (bicyclic) bond motifs is 1. The average molecular weight is 450 g/mol. The molecular weight excluding hydrogens is 424 g/mol. The van der Waals surface area contributed by atoms with Crippen molar-refractivity contribution in [1.82, 2.24) is 14.9 Å². The lowest BCUT2D eigenvalue weighted by atomic mass is 10.1. The van der Waals surface area contributed by atoms with Crippen molar-refractivity contribution in [2.45, 2.75) is 19.9 Å². The lowest BCUT2D eigenvalue weighted by molar-refractivity contribution is 0.205. The van der Waals surface area contributed by atoms with Gasteiger partial charge in [0, 0.05) is 24.2 Å². The summed E-state index contributed by atoms with van der Waals surface area (Å²) in [7, 11) is 4.58. The first-order chi connectivity index (χ1) is 15.9. The average Bonchev–Trinajstić information content (AvgIpc) is 2.84. The molecule has 0 saturated carbocycles. The molecule has 2 heterocycles. The standard InChI is InChI=1S/C24H26N4O5/c1-14-7-5-6-8-17(14)26-24(30)28-10-9-18-16(13-28)23(29)27-22(25-18)15-11-19(31-2)21(33-4)20(12-15)32-3/h5-8,11-12H,9-10,13H2,1-4H3,(H,26,30)(H,25,27,29). The molecule has 0 atom stereocenters. The van der Waals surface area contributed by atoms with Crippen molar-refractivity contribution in [3.8, 4) is 28.6 Å². The predicted molar refractivity (Wildman–Crippen MR) is 124 cm³/mol. The van der Waals surface area contributed by atoms with E-state index < -0.39 is 0 Å². The smallest absolute Gasteiger partial charge is 0.322 e. The van der Waals surface area contributed by atoms with Gasteiger partial charge in [-0.15, -0.1) is 0 Å². The number of hydrogen-bond donors (Lipinski definition) is 2. The lowest BCUT2D eigenvalue weighted by Gasteiger charge is -2.28.